The first kappa shape index (κ1) is 23.0. The third-order valence-corrected chi connectivity index (χ3v) is 4.42. The molecule has 2 N–H and O–H groups in total. The van der Waals surface area contributed by atoms with Crippen molar-refractivity contribution in [1.29, 1.82) is 0 Å². The van der Waals surface area contributed by atoms with Crippen LogP contribution in [0.15, 0.2) is 29.3 Å². The Morgan fingerprint density at radius 1 is 1.12 bits per heavy atom. The van der Waals surface area contributed by atoms with Crippen molar-refractivity contribution in [2.75, 3.05) is 39.3 Å². The SMILES string of the molecule is CCNC(=NCc1ccccc1OCC)NCCCCN1CCCC1.I. The van der Waals surface area contributed by atoms with Crippen molar-refractivity contribution < 1.29 is 4.74 Å². The predicted octanol–water partition coefficient (Wildman–Crippen LogP) is 3.63. The van der Waals surface area contributed by atoms with Crippen LogP contribution in [-0.4, -0.2) is 50.2 Å². The minimum Gasteiger partial charge on any atom is -0.494 e. The van der Waals surface area contributed by atoms with Crippen LogP contribution in [0.5, 0.6) is 5.75 Å². The molecule has 0 bridgehead atoms. The van der Waals surface area contributed by atoms with Crippen LogP contribution >= 0.6 is 24.0 Å². The van der Waals surface area contributed by atoms with Gasteiger partial charge < -0.3 is 20.3 Å². The van der Waals surface area contributed by atoms with Crippen molar-refractivity contribution in [3.63, 3.8) is 0 Å². The number of guanidine groups is 1. The standard InChI is InChI=1S/C20H34N4O.HI/c1-3-21-20(22-13-7-8-14-24-15-9-10-16-24)23-17-18-11-5-6-12-19(18)25-4-2;/h5-6,11-12H,3-4,7-10,13-17H2,1-2H3,(H2,21,22,23);1H. The summed E-state index contributed by atoms with van der Waals surface area (Å²) in [5, 5.41) is 6.77. The number of para-hydroxylation sites is 1. The summed E-state index contributed by atoms with van der Waals surface area (Å²) < 4.78 is 5.68. The fraction of sp³-hybridized carbons (Fsp3) is 0.650. The Bertz CT molecular complexity index is 518. The average Bonchev–Trinajstić information content (AvgIpc) is 3.14. The minimum absolute atomic E-state index is 0. The fourth-order valence-corrected chi connectivity index (χ4v) is 3.11. The number of nitrogens with one attached hydrogen (secondary N) is 2. The van der Waals surface area contributed by atoms with Crippen molar-refractivity contribution >= 4 is 29.9 Å². The molecule has 148 valence electrons. The molecule has 1 aromatic carbocycles. The van der Waals surface area contributed by atoms with Gasteiger partial charge in [-0.05, 0) is 65.2 Å². The Hall–Kier alpha value is -1.02. The molecule has 0 radical (unpaired) electrons. The van der Waals surface area contributed by atoms with Gasteiger partial charge in [0.1, 0.15) is 5.75 Å². The summed E-state index contributed by atoms with van der Waals surface area (Å²) in [5.74, 6) is 1.81. The number of likely N-dealkylation sites (tertiary alicyclic amines) is 1. The van der Waals surface area contributed by atoms with E-state index < -0.39 is 0 Å². The van der Waals surface area contributed by atoms with E-state index in [1.165, 1.54) is 45.3 Å². The van der Waals surface area contributed by atoms with Crippen LogP contribution in [0.2, 0.25) is 0 Å². The smallest absolute Gasteiger partial charge is 0.191 e. The van der Waals surface area contributed by atoms with Gasteiger partial charge in [-0.2, -0.15) is 0 Å². The number of hydrogen-bond donors (Lipinski definition) is 2. The molecule has 1 fully saturated rings. The molecule has 1 aliphatic heterocycles. The average molecular weight is 474 g/mol. The summed E-state index contributed by atoms with van der Waals surface area (Å²) in [5.41, 5.74) is 1.12. The van der Waals surface area contributed by atoms with Gasteiger partial charge in [0.15, 0.2) is 5.96 Å². The van der Waals surface area contributed by atoms with Crippen molar-refractivity contribution in [1.82, 2.24) is 15.5 Å². The van der Waals surface area contributed by atoms with E-state index in [0.29, 0.717) is 13.2 Å². The molecule has 0 amide bonds. The molecule has 1 aliphatic rings. The van der Waals surface area contributed by atoms with E-state index >= 15 is 0 Å². The molecule has 0 aliphatic carbocycles. The lowest BCUT2D eigenvalue weighted by atomic mass is 10.2. The summed E-state index contributed by atoms with van der Waals surface area (Å²) in [4.78, 5) is 7.28. The molecule has 0 aromatic heterocycles. The van der Waals surface area contributed by atoms with Crippen LogP contribution in [0.3, 0.4) is 0 Å². The molecule has 1 saturated heterocycles. The largest absolute Gasteiger partial charge is 0.494 e. The lowest BCUT2D eigenvalue weighted by molar-refractivity contribution is 0.330. The molecule has 26 heavy (non-hydrogen) atoms. The molecule has 0 spiro atoms. The van der Waals surface area contributed by atoms with Crippen LogP contribution in [0.1, 0.15) is 45.1 Å². The van der Waals surface area contributed by atoms with Crippen LogP contribution in [0.25, 0.3) is 0 Å². The van der Waals surface area contributed by atoms with Crippen LogP contribution in [0.4, 0.5) is 0 Å². The number of aliphatic imine (C=N–C) groups is 1. The topological polar surface area (TPSA) is 48.9 Å². The number of rotatable bonds is 10. The van der Waals surface area contributed by atoms with E-state index in [-0.39, 0.29) is 24.0 Å². The molecule has 0 atom stereocenters. The van der Waals surface area contributed by atoms with Gasteiger partial charge in [0.2, 0.25) is 0 Å². The molecular formula is C20H35IN4O. The summed E-state index contributed by atoms with van der Waals surface area (Å²) in [6.07, 6.45) is 5.17. The number of hydrogen-bond acceptors (Lipinski definition) is 3. The highest BCUT2D eigenvalue weighted by molar-refractivity contribution is 14.0. The van der Waals surface area contributed by atoms with Gasteiger partial charge in [0, 0.05) is 18.7 Å². The van der Waals surface area contributed by atoms with E-state index in [9.17, 15) is 0 Å². The Morgan fingerprint density at radius 3 is 2.62 bits per heavy atom. The highest BCUT2D eigenvalue weighted by atomic mass is 127. The molecule has 6 heteroatoms. The van der Waals surface area contributed by atoms with Gasteiger partial charge >= 0.3 is 0 Å². The molecule has 0 unspecified atom stereocenters. The maximum Gasteiger partial charge on any atom is 0.191 e. The zero-order valence-corrected chi connectivity index (χ0v) is 18.6. The second kappa shape index (κ2) is 14.1. The molecular weight excluding hydrogens is 439 g/mol. The van der Waals surface area contributed by atoms with Crippen molar-refractivity contribution in [3.05, 3.63) is 29.8 Å². The first-order chi connectivity index (χ1) is 12.3. The maximum atomic E-state index is 5.68. The van der Waals surface area contributed by atoms with E-state index in [4.69, 9.17) is 9.73 Å². The van der Waals surface area contributed by atoms with Crippen LogP contribution in [-0.2, 0) is 6.54 Å². The number of halogens is 1. The Morgan fingerprint density at radius 2 is 1.88 bits per heavy atom. The highest BCUT2D eigenvalue weighted by Crippen LogP contribution is 2.18. The molecule has 2 rings (SSSR count). The molecule has 1 aromatic rings. The van der Waals surface area contributed by atoms with Gasteiger partial charge in [-0.3, -0.25) is 0 Å². The van der Waals surface area contributed by atoms with Crippen LogP contribution in [0, 0.1) is 0 Å². The van der Waals surface area contributed by atoms with Gasteiger partial charge in [0.25, 0.3) is 0 Å². The summed E-state index contributed by atoms with van der Waals surface area (Å²) in [6.45, 7) is 11.0. The number of benzene rings is 1. The van der Waals surface area contributed by atoms with Gasteiger partial charge in [-0.15, -0.1) is 24.0 Å². The Labute approximate surface area is 176 Å². The van der Waals surface area contributed by atoms with Crippen molar-refractivity contribution in [2.45, 2.75) is 46.1 Å². The first-order valence-electron chi connectivity index (χ1n) is 9.78. The van der Waals surface area contributed by atoms with E-state index in [0.717, 1.165) is 30.4 Å². The third-order valence-electron chi connectivity index (χ3n) is 4.42. The molecule has 1 heterocycles. The normalized spacial score (nSPS) is 14.8. The molecule has 0 saturated carbocycles. The second-order valence-corrected chi connectivity index (χ2v) is 6.42. The predicted molar refractivity (Wildman–Crippen MR) is 121 cm³/mol. The summed E-state index contributed by atoms with van der Waals surface area (Å²) >= 11 is 0. The lowest BCUT2D eigenvalue weighted by Crippen LogP contribution is -2.38. The first-order valence-corrected chi connectivity index (χ1v) is 9.78. The quantitative estimate of drug-likeness (QED) is 0.235. The Balaban J connectivity index is 0.00000338. The second-order valence-electron chi connectivity index (χ2n) is 6.42. The van der Waals surface area contributed by atoms with Gasteiger partial charge in [-0.25, -0.2) is 4.99 Å². The lowest BCUT2D eigenvalue weighted by Gasteiger charge is -2.15. The number of unbranched alkanes of at least 4 members (excludes halogenated alkanes) is 1. The number of ether oxygens (including phenoxy) is 1. The number of nitrogens with zero attached hydrogens (tertiary/aromatic N) is 2. The monoisotopic (exact) mass is 474 g/mol. The zero-order valence-electron chi connectivity index (χ0n) is 16.3. The van der Waals surface area contributed by atoms with Crippen molar-refractivity contribution in [2.24, 2.45) is 4.99 Å². The van der Waals surface area contributed by atoms with E-state index in [2.05, 4.69) is 28.5 Å². The van der Waals surface area contributed by atoms with E-state index in [1.807, 2.05) is 25.1 Å². The van der Waals surface area contributed by atoms with Gasteiger partial charge in [-0.1, -0.05) is 18.2 Å². The highest BCUT2D eigenvalue weighted by Gasteiger charge is 2.10. The van der Waals surface area contributed by atoms with Gasteiger partial charge in [0.05, 0.1) is 13.2 Å². The van der Waals surface area contributed by atoms with E-state index in [1.54, 1.807) is 0 Å². The molecule has 5 nitrogen and oxygen atoms in total. The zero-order chi connectivity index (χ0) is 17.7. The van der Waals surface area contributed by atoms with Crippen LogP contribution < -0.4 is 15.4 Å². The maximum absolute atomic E-state index is 5.68. The minimum atomic E-state index is 0. The Kier molecular flexibility index (Phi) is 12.5. The van der Waals surface area contributed by atoms with Crippen molar-refractivity contribution in [3.8, 4) is 5.75 Å². The fourth-order valence-electron chi connectivity index (χ4n) is 3.11. The third kappa shape index (κ3) is 8.58. The summed E-state index contributed by atoms with van der Waals surface area (Å²) in [6, 6.07) is 8.12. The summed E-state index contributed by atoms with van der Waals surface area (Å²) in [7, 11) is 0.